The molecule has 1 amide bonds. The van der Waals surface area contributed by atoms with Crippen LogP contribution in [0.4, 0.5) is 18.0 Å². The Morgan fingerprint density at radius 2 is 1.82 bits per heavy atom. The van der Waals surface area contributed by atoms with E-state index in [9.17, 15) is 18.0 Å². The van der Waals surface area contributed by atoms with Gasteiger partial charge in [-0.2, -0.15) is 13.2 Å². The molecule has 0 unspecified atom stereocenters. The summed E-state index contributed by atoms with van der Waals surface area (Å²) in [5.74, 6) is 0. The number of nitrogens with one attached hydrogen (secondary N) is 1. The number of ether oxygens (including phenoxy) is 1. The Morgan fingerprint density at radius 3 is 2.27 bits per heavy atom. The van der Waals surface area contributed by atoms with Gasteiger partial charge in [0.15, 0.2) is 0 Å². The van der Waals surface area contributed by atoms with Crippen LogP contribution in [0.5, 0.6) is 0 Å². The number of carbonyl (C=O) groups is 1. The number of rotatable bonds is 2. The number of hydrogen-bond donors (Lipinski definition) is 1. The first-order chi connectivity index (χ1) is 9.91. The van der Waals surface area contributed by atoms with Gasteiger partial charge in [-0.25, -0.2) is 4.79 Å². The van der Waals surface area contributed by atoms with E-state index in [-0.39, 0.29) is 0 Å². The molecule has 2 rings (SSSR count). The van der Waals surface area contributed by atoms with Crippen LogP contribution in [-0.4, -0.2) is 11.7 Å². The van der Waals surface area contributed by atoms with E-state index in [4.69, 9.17) is 4.74 Å². The minimum atomic E-state index is -4.43. The van der Waals surface area contributed by atoms with Crippen LogP contribution in [-0.2, 0) is 16.5 Å². The van der Waals surface area contributed by atoms with Crippen LogP contribution in [0, 0.1) is 0 Å². The lowest BCUT2D eigenvalue weighted by atomic mass is 10.0. The number of hydrogen-bond acceptors (Lipinski definition) is 2. The number of alkyl carbamates (subject to hydrolysis) is 1. The molecule has 1 aliphatic rings. The maximum absolute atomic E-state index is 12.9. The minimum Gasteiger partial charge on any atom is -0.444 e. The summed E-state index contributed by atoms with van der Waals surface area (Å²) in [5, 5.41) is 2.70. The van der Waals surface area contributed by atoms with Crippen LogP contribution in [0.3, 0.4) is 0 Å². The van der Waals surface area contributed by atoms with Gasteiger partial charge < -0.3 is 10.1 Å². The molecule has 0 saturated heterocycles. The molecule has 0 spiro atoms. The van der Waals surface area contributed by atoms with Crippen molar-refractivity contribution in [3.8, 4) is 0 Å². The van der Waals surface area contributed by atoms with Gasteiger partial charge in [-0.15, -0.1) is 0 Å². The normalized spacial score (nSPS) is 17.0. The fourth-order valence-electron chi connectivity index (χ4n) is 2.14. The molecule has 0 aromatic heterocycles. The van der Waals surface area contributed by atoms with Crippen LogP contribution in [0.15, 0.2) is 22.7 Å². The quantitative estimate of drug-likeness (QED) is 0.786. The topological polar surface area (TPSA) is 38.3 Å². The molecule has 0 aliphatic heterocycles. The fraction of sp³-hybridized carbons (Fsp3) is 0.533. The smallest absolute Gasteiger partial charge is 0.416 e. The first kappa shape index (κ1) is 17.1. The van der Waals surface area contributed by atoms with Gasteiger partial charge in [0.25, 0.3) is 0 Å². The number of alkyl halides is 3. The maximum Gasteiger partial charge on any atom is 0.416 e. The molecule has 0 radical (unpaired) electrons. The molecule has 1 fully saturated rings. The molecule has 0 bridgehead atoms. The Balaban J connectivity index is 2.24. The molecule has 122 valence electrons. The lowest BCUT2D eigenvalue weighted by molar-refractivity contribution is -0.137. The predicted molar refractivity (Wildman–Crippen MR) is 79.4 cm³/mol. The number of halogens is 4. The van der Waals surface area contributed by atoms with Gasteiger partial charge >= 0.3 is 12.3 Å². The van der Waals surface area contributed by atoms with Crippen LogP contribution in [0.1, 0.15) is 44.7 Å². The average molecular weight is 380 g/mol. The third kappa shape index (κ3) is 4.15. The molecule has 22 heavy (non-hydrogen) atoms. The Hall–Kier alpha value is -1.24. The van der Waals surface area contributed by atoms with Gasteiger partial charge in [-0.1, -0.05) is 15.9 Å². The van der Waals surface area contributed by atoms with Crippen molar-refractivity contribution in [3.05, 3.63) is 33.8 Å². The molecular weight excluding hydrogens is 363 g/mol. The zero-order chi connectivity index (χ0) is 16.8. The van der Waals surface area contributed by atoms with E-state index >= 15 is 0 Å². The van der Waals surface area contributed by atoms with E-state index in [0.29, 0.717) is 22.9 Å². The van der Waals surface area contributed by atoms with Crippen LogP contribution in [0.2, 0.25) is 0 Å². The zero-order valence-electron chi connectivity index (χ0n) is 12.5. The Kier molecular flexibility index (Phi) is 4.23. The summed E-state index contributed by atoms with van der Waals surface area (Å²) in [6, 6.07) is 3.70. The molecule has 7 heteroatoms. The second-order valence-corrected chi connectivity index (χ2v) is 7.35. The molecule has 1 aromatic carbocycles. The van der Waals surface area contributed by atoms with Gasteiger partial charge in [0.05, 0.1) is 11.1 Å². The van der Waals surface area contributed by atoms with Crippen molar-refractivity contribution in [1.82, 2.24) is 5.32 Å². The molecule has 0 atom stereocenters. The standard InChI is InChI=1S/C15H17BrF3NO2/c1-13(2,3)22-12(21)20-14(4-5-14)9-6-10(15(17,18)19)8-11(16)7-9/h6-8H,4-5H2,1-3H3,(H,20,21). The summed E-state index contributed by atoms with van der Waals surface area (Å²) >= 11 is 3.10. The Bertz CT molecular complexity index is 589. The van der Waals surface area contributed by atoms with Crippen LogP contribution < -0.4 is 5.32 Å². The highest BCUT2D eigenvalue weighted by Crippen LogP contribution is 2.47. The zero-order valence-corrected chi connectivity index (χ0v) is 14.1. The number of amides is 1. The average Bonchev–Trinajstić information content (AvgIpc) is 3.05. The van der Waals surface area contributed by atoms with Crippen LogP contribution in [0.25, 0.3) is 0 Å². The number of benzene rings is 1. The highest BCUT2D eigenvalue weighted by atomic mass is 79.9. The summed E-state index contributed by atoms with van der Waals surface area (Å²) < 4.78 is 44.2. The van der Waals surface area contributed by atoms with Crippen LogP contribution >= 0.6 is 15.9 Å². The first-order valence-corrected chi connectivity index (χ1v) is 7.60. The SMILES string of the molecule is CC(C)(C)OC(=O)NC1(c2cc(Br)cc(C(F)(F)F)c2)CC1. The first-order valence-electron chi connectivity index (χ1n) is 6.81. The van der Waals surface area contributed by atoms with Crippen molar-refractivity contribution in [3.63, 3.8) is 0 Å². The van der Waals surface area contributed by atoms with Gasteiger partial charge in [0, 0.05) is 4.47 Å². The summed E-state index contributed by atoms with van der Waals surface area (Å²) in [7, 11) is 0. The summed E-state index contributed by atoms with van der Waals surface area (Å²) in [6.45, 7) is 5.19. The van der Waals surface area contributed by atoms with Crippen molar-refractivity contribution in [1.29, 1.82) is 0 Å². The third-order valence-corrected chi connectivity index (χ3v) is 3.73. The molecule has 1 saturated carbocycles. The van der Waals surface area contributed by atoms with Gasteiger partial charge in [0.1, 0.15) is 5.60 Å². The third-order valence-electron chi connectivity index (χ3n) is 3.27. The second kappa shape index (κ2) is 5.44. The molecule has 1 aliphatic carbocycles. The Morgan fingerprint density at radius 1 is 1.23 bits per heavy atom. The lowest BCUT2D eigenvalue weighted by Crippen LogP contribution is -2.39. The second-order valence-electron chi connectivity index (χ2n) is 6.44. The van der Waals surface area contributed by atoms with E-state index in [0.717, 1.165) is 12.1 Å². The Labute approximate surface area is 135 Å². The van der Waals surface area contributed by atoms with E-state index < -0.39 is 29.0 Å². The monoisotopic (exact) mass is 379 g/mol. The molecule has 1 aromatic rings. The van der Waals surface area contributed by atoms with Crippen molar-refractivity contribution in [2.75, 3.05) is 0 Å². The van der Waals surface area contributed by atoms with E-state index in [1.54, 1.807) is 26.8 Å². The van der Waals surface area contributed by atoms with Crippen molar-refractivity contribution < 1.29 is 22.7 Å². The van der Waals surface area contributed by atoms with E-state index in [1.807, 2.05) is 0 Å². The van der Waals surface area contributed by atoms with E-state index in [1.165, 1.54) is 0 Å². The summed E-state index contributed by atoms with van der Waals surface area (Å²) in [6.07, 6.45) is -3.89. The predicted octanol–water partition coefficient (Wildman–Crippen LogP) is 4.98. The lowest BCUT2D eigenvalue weighted by Gasteiger charge is -2.24. The van der Waals surface area contributed by atoms with Crippen molar-refractivity contribution in [2.24, 2.45) is 0 Å². The minimum absolute atomic E-state index is 0.328. The maximum atomic E-state index is 12.9. The molecule has 3 nitrogen and oxygen atoms in total. The summed E-state index contributed by atoms with van der Waals surface area (Å²) in [5.41, 5.74) is -1.74. The molecule has 0 heterocycles. The summed E-state index contributed by atoms with van der Waals surface area (Å²) in [4.78, 5) is 11.9. The molecule has 1 N–H and O–H groups in total. The largest absolute Gasteiger partial charge is 0.444 e. The van der Waals surface area contributed by atoms with Gasteiger partial charge in [-0.3, -0.25) is 0 Å². The highest BCUT2D eigenvalue weighted by Gasteiger charge is 2.47. The molecular formula is C15H17BrF3NO2. The van der Waals surface area contributed by atoms with Crippen molar-refractivity contribution >= 4 is 22.0 Å². The van der Waals surface area contributed by atoms with Crippen molar-refractivity contribution in [2.45, 2.75) is 50.9 Å². The highest BCUT2D eigenvalue weighted by molar-refractivity contribution is 9.10. The van der Waals surface area contributed by atoms with Gasteiger partial charge in [-0.05, 0) is 57.4 Å². The fourth-order valence-corrected chi connectivity index (χ4v) is 2.63. The number of carbonyl (C=O) groups excluding carboxylic acids is 1. The van der Waals surface area contributed by atoms with Gasteiger partial charge in [0.2, 0.25) is 0 Å². The van der Waals surface area contributed by atoms with E-state index in [2.05, 4.69) is 21.2 Å².